The zero-order valence-electron chi connectivity index (χ0n) is 16.1. The maximum atomic E-state index is 12.3. The van der Waals surface area contributed by atoms with E-state index >= 15 is 0 Å². The third-order valence-corrected chi connectivity index (χ3v) is 4.39. The molecule has 148 valence electrons. The molecule has 1 amide bonds. The van der Waals surface area contributed by atoms with Gasteiger partial charge in [0.25, 0.3) is 5.91 Å². The van der Waals surface area contributed by atoms with E-state index in [-0.39, 0.29) is 6.61 Å². The van der Waals surface area contributed by atoms with Gasteiger partial charge >= 0.3 is 5.97 Å². The summed E-state index contributed by atoms with van der Waals surface area (Å²) in [6.07, 6.45) is -0.970. The van der Waals surface area contributed by atoms with E-state index in [2.05, 4.69) is 5.32 Å². The first-order valence-electron chi connectivity index (χ1n) is 9.03. The molecule has 3 rings (SSSR count). The first-order valence-corrected chi connectivity index (χ1v) is 9.03. The van der Waals surface area contributed by atoms with E-state index in [1.54, 1.807) is 24.3 Å². The van der Waals surface area contributed by atoms with Gasteiger partial charge in [0.15, 0.2) is 24.2 Å². The highest BCUT2D eigenvalue weighted by molar-refractivity contribution is 5.95. The minimum absolute atomic E-state index is 0.272. The van der Waals surface area contributed by atoms with Crippen LogP contribution in [0.4, 0.5) is 5.69 Å². The van der Waals surface area contributed by atoms with Gasteiger partial charge in [-0.15, -0.1) is 0 Å². The number of carbonyl (C=O) groups excluding carboxylic acids is 2. The smallest absolute Gasteiger partial charge is 0.344 e. The number of hydrogen-bond donors (Lipinski definition) is 1. The Labute approximate surface area is 163 Å². The van der Waals surface area contributed by atoms with Crippen molar-refractivity contribution < 1.29 is 28.5 Å². The lowest BCUT2D eigenvalue weighted by Gasteiger charge is -2.19. The van der Waals surface area contributed by atoms with E-state index in [9.17, 15) is 9.59 Å². The van der Waals surface area contributed by atoms with Crippen molar-refractivity contribution in [3.63, 3.8) is 0 Å². The quantitative estimate of drug-likeness (QED) is 0.770. The second-order valence-corrected chi connectivity index (χ2v) is 6.47. The van der Waals surface area contributed by atoms with Gasteiger partial charge in [-0.25, -0.2) is 4.79 Å². The summed E-state index contributed by atoms with van der Waals surface area (Å²) < 4.78 is 21.6. The number of fused-ring (bicyclic) bond motifs is 1. The average Bonchev–Trinajstić information content (AvgIpc) is 2.69. The van der Waals surface area contributed by atoms with Gasteiger partial charge < -0.3 is 24.3 Å². The highest BCUT2D eigenvalue weighted by Gasteiger charge is 2.20. The summed E-state index contributed by atoms with van der Waals surface area (Å²) in [7, 11) is 0. The van der Waals surface area contributed by atoms with E-state index in [1.165, 1.54) is 6.92 Å². The first kappa shape index (κ1) is 19.5. The summed E-state index contributed by atoms with van der Waals surface area (Å²) in [5.74, 6) is 0.746. The summed E-state index contributed by atoms with van der Waals surface area (Å²) in [5, 5.41) is 2.70. The molecule has 0 saturated carbocycles. The lowest BCUT2D eigenvalue weighted by Crippen LogP contribution is -2.31. The average molecular weight is 385 g/mol. The van der Waals surface area contributed by atoms with Crippen LogP contribution in [0.2, 0.25) is 0 Å². The molecule has 1 heterocycles. The van der Waals surface area contributed by atoms with Gasteiger partial charge in [0.05, 0.1) is 0 Å². The molecule has 1 N–H and O–H groups in total. The molecule has 0 aliphatic carbocycles. The second kappa shape index (κ2) is 8.65. The number of benzene rings is 2. The molecule has 1 aliphatic heterocycles. The standard InChI is InChI=1S/C21H23NO6/c1-13-5-4-6-17(14(13)2)27-12-20(23)28-15(3)21(24)22-16-7-8-18-19(11-16)26-10-9-25-18/h4-8,11,15H,9-10,12H2,1-3H3,(H,22,24)/t15-/m0/s1. The SMILES string of the molecule is Cc1cccc(OCC(=O)O[C@@H](C)C(=O)Nc2ccc3c(c2)OCCO3)c1C. The Balaban J connectivity index is 1.51. The molecule has 0 unspecified atom stereocenters. The number of ether oxygens (including phenoxy) is 4. The van der Waals surface area contributed by atoms with Gasteiger partial charge in [-0.2, -0.15) is 0 Å². The molecule has 0 aromatic heterocycles. The third-order valence-electron chi connectivity index (χ3n) is 4.39. The van der Waals surface area contributed by atoms with Crippen LogP contribution in [0.25, 0.3) is 0 Å². The Morgan fingerprint density at radius 3 is 2.64 bits per heavy atom. The number of aryl methyl sites for hydroxylation is 1. The van der Waals surface area contributed by atoms with Crippen molar-refractivity contribution >= 4 is 17.6 Å². The highest BCUT2D eigenvalue weighted by Crippen LogP contribution is 2.32. The summed E-state index contributed by atoms with van der Waals surface area (Å²) in [5.41, 5.74) is 2.56. The Bertz CT molecular complexity index is 879. The lowest BCUT2D eigenvalue weighted by molar-refractivity contribution is -0.155. The van der Waals surface area contributed by atoms with Crippen LogP contribution in [0, 0.1) is 13.8 Å². The van der Waals surface area contributed by atoms with Crippen LogP contribution in [-0.2, 0) is 14.3 Å². The normalized spacial score (nSPS) is 13.4. The molecule has 0 radical (unpaired) electrons. The van der Waals surface area contributed by atoms with Crippen molar-refractivity contribution in [3.05, 3.63) is 47.5 Å². The third kappa shape index (κ3) is 4.73. The fourth-order valence-electron chi connectivity index (χ4n) is 2.67. The van der Waals surface area contributed by atoms with Crippen molar-refractivity contribution in [2.24, 2.45) is 0 Å². The van der Waals surface area contributed by atoms with Crippen LogP contribution < -0.4 is 19.5 Å². The molecule has 28 heavy (non-hydrogen) atoms. The van der Waals surface area contributed by atoms with Gasteiger partial charge in [-0.3, -0.25) is 4.79 Å². The van der Waals surface area contributed by atoms with Crippen LogP contribution in [0.5, 0.6) is 17.2 Å². The van der Waals surface area contributed by atoms with Crippen LogP contribution >= 0.6 is 0 Å². The fourth-order valence-corrected chi connectivity index (χ4v) is 2.67. The molecule has 7 heteroatoms. The van der Waals surface area contributed by atoms with Crippen LogP contribution in [0.15, 0.2) is 36.4 Å². The fraction of sp³-hybridized carbons (Fsp3) is 0.333. The monoisotopic (exact) mass is 385 g/mol. The second-order valence-electron chi connectivity index (χ2n) is 6.47. The van der Waals surface area contributed by atoms with E-state index in [0.29, 0.717) is 36.1 Å². The van der Waals surface area contributed by atoms with Gasteiger partial charge in [-0.1, -0.05) is 12.1 Å². The molecule has 2 aromatic carbocycles. The topological polar surface area (TPSA) is 83.1 Å². The highest BCUT2D eigenvalue weighted by atomic mass is 16.6. The number of carbonyl (C=O) groups is 2. The van der Waals surface area contributed by atoms with Crippen molar-refractivity contribution in [2.75, 3.05) is 25.1 Å². The molecule has 7 nitrogen and oxygen atoms in total. The van der Waals surface area contributed by atoms with Crippen LogP contribution in [0.1, 0.15) is 18.1 Å². The molecule has 0 bridgehead atoms. The van der Waals surface area contributed by atoms with E-state index in [4.69, 9.17) is 18.9 Å². The van der Waals surface area contributed by atoms with Crippen molar-refractivity contribution in [3.8, 4) is 17.2 Å². The molecule has 2 aromatic rings. The first-order chi connectivity index (χ1) is 13.4. The number of amides is 1. The number of rotatable bonds is 6. The summed E-state index contributed by atoms with van der Waals surface area (Å²) in [6, 6.07) is 10.7. The molecular formula is C21H23NO6. The molecule has 1 aliphatic rings. The predicted octanol–water partition coefficient (Wildman–Crippen LogP) is 3.02. The number of esters is 1. The zero-order valence-corrected chi connectivity index (χ0v) is 16.1. The zero-order chi connectivity index (χ0) is 20.1. The summed E-state index contributed by atoms with van der Waals surface area (Å²) in [6.45, 7) is 6.06. The number of nitrogens with one attached hydrogen (secondary N) is 1. The van der Waals surface area contributed by atoms with Gasteiger partial charge in [0.1, 0.15) is 19.0 Å². The van der Waals surface area contributed by atoms with Crippen molar-refractivity contribution in [1.29, 1.82) is 0 Å². The molecule has 1 atom stereocenters. The largest absolute Gasteiger partial charge is 0.486 e. The predicted molar refractivity (Wildman–Crippen MR) is 103 cm³/mol. The molecule has 0 saturated heterocycles. The Morgan fingerprint density at radius 2 is 1.86 bits per heavy atom. The maximum absolute atomic E-state index is 12.3. The Kier molecular flexibility index (Phi) is 6.03. The van der Waals surface area contributed by atoms with Crippen molar-refractivity contribution in [1.82, 2.24) is 0 Å². The molecule has 0 fully saturated rings. The molecular weight excluding hydrogens is 362 g/mol. The number of hydrogen-bond acceptors (Lipinski definition) is 6. The maximum Gasteiger partial charge on any atom is 0.344 e. The van der Waals surface area contributed by atoms with Gasteiger partial charge in [0.2, 0.25) is 0 Å². The van der Waals surface area contributed by atoms with E-state index in [1.807, 2.05) is 26.0 Å². The minimum atomic E-state index is -0.970. The minimum Gasteiger partial charge on any atom is -0.486 e. The van der Waals surface area contributed by atoms with Crippen LogP contribution in [0.3, 0.4) is 0 Å². The van der Waals surface area contributed by atoms with E-state index in [0.717, 1.165) is 11.1 Å². The van der Waals surface area contributed by atoms with Gasteiger partial charge in [0, 0.05) is 11.8 Å². The number of anilines is 1. The van der Waals surface area contributed by atoms with E-state index < -0.39 is 18.0 Å². The lowest BCUT2D eigenvalue weighted by atomic mass is 10.1. The van der Waals surface area contributed by atoms with Crippen molar-refractivity contribution in [2.45, 2.75) is 26.9 Å². The Hall–Kier alpha value is -3.22. The van der Waals surface area contributed by atoms with Crippen LogP contribution in [-0.4, -0.2) is 37.8 Å². The summed E-state index contributed by atoms with van der Waals surface area (Å²) >= 11 is 0. The molecule has 0 spiro atoms. The summed E-state index contributed by atoms with van der Waals surface area (Å²) in [4.78, 5) is 24.3. The Morgan fingerprint density at radius 1 is 1.11 bits per heavy atom. The van der Waals surface area contributed by atoms with Gasteiger partial charge in [-0.05, 0) is 50.1 Å².